The van der Waals surface area contributed by atoms with E-state index in [1.807, 2.05) is 12.1 Å². The van der Waals surface area contributed by atoms with Crippen LogP contribution in [0.25, 0.3) is 0 Å². The highest BCUT2D eigenvalue weighted by atomic mass is 16.3. The fourth-order valence-electron chi connectivity index (χ4n) is 2.12. The lowest BCUT2D eigenvalue weighted by atomic mass is 9.91. The van der Waals surface area contributed by atoms with E-state index < -0.39 is 0 Å². The van der Waals surface area contributed by atoms with E-state index >= 15 is 0 Å². The minimum Gasteiger partial charge on any atom is -0.508 e. The van der Waals surface area contributed by atoms with Crippen LogP contribution in [0.4, 0.5) is 0 Å². The van der Waals surface area contributed by atoms with Crippen LogP contribution in [0.3, 0.4) is 0 Å². The van der Waals surface area contributed by atoms with Crippen molar-refractivity contribution in [1.29, 1.82) is 0 Å². The van der Waals surface area contributed by atoms with E-state index in [4.69, 9.17) is 0 Å². The molecule has 0 amide bonds. The highest BCUT2D eigenvalue weighted by Gasteiger charge is 2.22. The van der Waals surface area contributed by atoms with Crippen molar-refractivity contribution in [2.75, 3.05) is 13.1 Å². The fourth-order valence-corrected chi connectivity index (χ4v) is 2.12. The molecular formula is C12H17NO. The molecule has 1 aromatic carbocycles. The number of phenolic OH excluding ortho intramolecular Hbond substituents is 1. The number of benzene rings is 1. The number of rotatable bonds is 2. The number of aromatic hydroxyl groups is 1. The van der Waals surface area contributed by atoms with Gasteiger partial charge in [-0.15, -0.1) is 0 Å². The lowest BCUT2D eigenvalue weighted by Gasteiger charge is -2.13. The smallest absolute Gasteiger partial charge is 0.115 e. The van der Waals surface area contributed by atoms with Crippen molar-refractivity contribution < 1.29 is 5.11 Å². The van der Waals surface area contributed by atoms with Crippen LogP contribution in [0.1, 0.15) is 12.5 Å². The zero-order valence-corrected chi connectivity index (χ0v) is 8.53. The predicted molar refractivity (Wildman–Crippen MR) is 57.3 cm³/mol. The van der Waals surface area contributed by atoms with Gasteiger partial charge in [-0.2, -0.15) is 0 Å². The Morgan fingerprint density at radius 2 is 2.29 bits per heavy atom. The van der Waals surface area contributed by atoms with E-state index in [0.717, 1.165) is 31.3 Å². The molecule has 0 unspecified atom stereocenters. The van der Waals surface area contributed by atoms with Gasteiger partial charge in [-0.25, -0.2) is 0 Å². The Hall–Kier alpha value is -1.02. The van der Waals surface area contributed by atoms with E-state index in [9.17, 15) is 5.11 Å². The molecule has 2 rings (SSSR count). The van der Waals surface area contributed by atoms with Crippen molar-refractivity contribution >= 4 is 0 Å². The van der Waals surface area contributed by atoms with E-state index in [1.165, 1.54) is 5.56 Å². The standard InChI is InChI=1S/C12H17NO/c1-9-7-13-8-11(9)5-10-3-2-4-12(14)6-10/h2-4,6,9,11,13-14H,5,7-8H2,1H3/t9-,11+/m0/s1. The summed E-state index contributed by atoms with van der Waals surface area (Å²) < 4.78 is 0. The maximum atomic E-state index is 9.34. The number of hydrogen-bond donors (Lipinski definition) is 2. The SMILES string of the molecule is C[C@H]1CNC[C@H]1Cc1cccc(O)c1. The Morgan fingerprint density at radius 3 is 2.93 bits per heavy atom. The molecule has 0 saturated carbocycles. The molecule has 1 heterocycles. The van der Waals surface area contributed by atoms with Gasteiger partial charge >= 0.3 is 0 Å². The van der Waals surface area contributed by atoms with Crippen LogP contribution >= 0.6 is 0 Å². The molecular weight excluding hydrogens is 174 g/mol. The minimum atomic E-state index is 0.376. The van der Waals surface area contributed by atoms with Crippen LogP contribution in [-0.2, 0) is 6.42 Å². The Kier molecular flexibility index (Phi) is 2.73. The van der Waals surface area contributed by atoms with Gasteiger partial charge in [0.05, 0.1) is 0 Å². The third-order valence-electron chi connectivity index (χ3n) is 3.09. The third kappa shape index (κ3) is 2.07. The van der Waals surface area contributed by atoms with Gasteiger partial charge in [0.25, 0.3) is 0 Å². The molecule has 0 spiro atoms. The zero-order chi connectivity index (χ0) is 9.97. The molecule has 76 valence electrons. The van der Waals surface area contributed by atoms with Crippen LogP contribution < -0.4 is 5.32 Å². The van der Waals surface area contributed by atoms with Gasteiger partial charge in [0, 0.05) is 0 Å². The maximum absolute atomic E-state index is 9.34. The van der Waals surface area contributed by atoms with Crippen LogP contribution in [0, 0.1) is 11.8 Å². The largest absolute Gasteiger partial charge is 0.508 e. The summed E-state index contributed by atoms with van der Waals surface area (Å²) in [5, 5.41) is 12.7. The molecule has 0 aromatic heterocycles. The second kappa shape index (κ2) is 4.01. The van der Waals surface area contributed by atoms with Gasteiger partial charge in [0.15, 0.2) is 0 Å². The summed E-state index contributed by atoms with van der Waals surface area (Å²) >= 11 is 0. The van der Waals surface area contributed by atoms with Gasteiger partial charge in [0.2, 0.25) is 0 Å². The number of phenols is 1. The Morgan fingerprint density at radius 1 is 1.43 bits per heavy atom. The highest BCUT2D eigenvalue weighted by Crippen LogP contribution is 2.22. The summed E-state index contributed by atoms with van der Waals surface area (Å²) in [6, 6.07) is 7.59. The van der Waals surface area contributed by atoms with Crippen molar-refractivity contribution in [2.24, 2.45) is 11.8 Å². The zero-order valence-electron chi connectivity index (χ0n) is 8.53. The molecule has 2 heteroatoms. The predicted octanol–water partition coefficient (Wildman–Crippen LogP) is 1.79. The number of nitrogens with one attached hydrogen (secondary N) is 1. The normalized spacial score (nSPS) is 26.6. The topological polar surface area (TPSA) is 32.3 Å². The molecule has 2 atom stereocenters. The summed E-state index contributed by atoms with van der Waals surface area (Å²) in [7, 11) is 0. The molecule has 1 aliphatic heterocycles. The van der Waals surface area contributed by atoms with Crippen LogP contribution in [0.5, 0.6) is 5.75 Å². The molecule has 0 bridgehead atoms. The molecule has 1 aliphatic rings. The first kappa shape index (κ1) is 9.53. The second-order valence-electron chi connectivity index (χ2n) is 4.27. The molecule has 2 N–H and O–H groups in total. The summed E-state index contributed by atoms with van der Waals surface area (Å²) in [5.74, 6) is 1.84. The van der Waals surface area contributed by atoms with E-state index in [1.54, 1.807) is 6.07 Å². The highest BCUT2D eigenvalue weighted by molar-refractivity contribution is 5.27. The summed E-state index contributed by atoms with van der Waals surface area (Å²) in [4.78, 5) is 0. The Balaban J connectivity index is 2.03. The maximum Gasteiger partial charge on any atom is 0.115 e. The van der Waals surface area contributed by atoms with Gasteiger partial charge in [0.1, 0.15) is 5.75 Å². The molecule has 1 saturated heterocycles. The average molecular weight is 191 g/mol. The van der Waals surface area contributed by atoms with Gasteiger partial charge in [-0.3, -0.25) is 0 Å². The lowest BCUT2D eigenvalue weighted by Crippen LogP contribution is -2.12. The van der Waals surface area contributed by atoms with Gasteiger partial charge in [-0.1, -0.05) is 19.1 Å². The first-order chi connectivity index (χ1) is 6.75. The average Bonchev–Trinajstić information content (AvgIpc) is 2.52. The molecule has 0 radical (unpaired) electrons. The van der Waals surface area contributed by atoms with Gasteiger partial charge in [-0.05, 0) is 49.0 Å². The number of hydrogen-bond acceptors (Lipinski definition) is 2. The van der Waals surface area contributed by atoms with Crippen molar-refractivity contribution in [2.45, 2.75) is 13.3 Å². The van der Waals surface area contributed by atoms with E-state index in [2.05, 4.69) is 18.3 Å². The molecule has 0 aliphatic carbocycles. The van der Waals surface area contributed by atoms with Crippen molar-refractivity contribution in [1.82, 2.24) is 5.32 Å². The van der Waals surface area contributed by atoms with Crippen LogP contribution in [0.15, 0.2) is 24.3 Å². The van der Waals surface area contributed by atoms with Crippen LogP contribution in [-0.4, -0.2) is 18.2 Å². The molecule has 1 fully saturated rings. The summed E-state index contributed by atoms with van der Waals surface area (Å²) in [5.41, 5.74) is 1.24. The summed E-state index contributed by atoms with van der Waals surface area (Å²) in [6.45, 7) is 4.52. The monoisotopic (exact) mass is 191 g/mol. The second-order valence-corrected chi connectivity index (χ2v) is 4.27. The van der Waals surface area contributed by atoms with Crippen molar-refractivity contribution in [3.63, 3.8) is 0 Å². The Labute approximate surface area is 85.0 Å². The molecule has 1 aromatic rings. The van der Waals surface area contributed by atoms with Gasteiger partial charge < -0.3 is 10.4 Å². The first-order valence-electron chi connectivity index (χ1n) is 5.24. The fraction of sp³-hybridized carbons (Fsp3) is 0.500. The van der Waals surface area contributed by atoms with Crippen LogP contribution in [0.2, 0.25) is 0 Å². The van der Waals surface area contributed by atoms with E-state index in [-0.39, 0.29) is 0 Å². The first-order valence-corrected chi connectivity index (χ1v) is 5.24. The Bertz CT molecular complexity index is 311. The molecule has 14 heavy (non-hydrogen) atoms. The van der Waals surface area contributed by atoms with Crippen molar-refractivity contribution in [3.05, 3.63) is 29.8 Å². The quantitative estimate of drug-likeness (QED) is 0.747. The van der Waals surface area contributed by atoms with Crippen molar-refractivity contribution in [3.8, 4) is 5.75 Å². The minimum absolute atomic E-state index is 0.376. The lowest BCUT2D eigenvalue weighted by molar-refractivity contribution is 0.446. The molecule has 2 nitrogen and oxygen atoms in total. The summed E-state index contributed by atoms with van der Waals surface area (Å²) in [6.07, 6.45) is 1.07. The third-order valence-corrected chi connectivity index (χ3v) is 3.09. The van der Waals surface area contributed by atoms with E-state index in [0.29, 0.717) is 5.75 Å².